The summed E-state index contributed by atoms with van der Waals surface area (Å²) in [5.41, 5.74) is 2.49. The summed E-state index contributed by atoms with van der Waals surface area (Å²) < 4.78 is 26.9. The lowest BCUT2D eigenvalue weighted by Crippen LogP contribution is -2.49. The molecule has 1 saturated heterocycles. The van der Waals surface area contributed by atoms with Crippen LogP contribution < -0.4 is 4.90 Å². The van der Waals surface area contributed by atoms with Crippen LogP contribution in [0.2, 0.25) is 0 Å². The van der Waals surface area contributed by atoms with Gasteiger partial charge in [-0.3, -0.25) is 4.98 Å². The van der Waals surface area contributed by atoms with Gasteiger partial charge in [-0.2, -0.15) is 4.31 Å². The summed E-state index contributed by atoms with van der Waals surface area (Å²) >= 11 is 0. The molecule has 0 unspecified atom stereocenters. The molecule has 0 amide bonds. The van der Waals surface area contributed by atoms with Crippen molar-refractivity contribution in [2.24, 2.45) is 0 Å². The first-order valence-corrected chi connectivity index (χ1v) is 10.7. The van der Waals surface area contributed by atoms with Crippen molar-refractivity contribution in [2.45, 2.75) is 5.75 Å². The van der Waals surface area contributed by atoms with Crippen molar-refractivity contribution in [1.29, 1.82) is 0 Å². The molecule has 0 atom stereocenters. The van der Waals surface area contributed by atoms with Crippen LogP contribution in [0.4, 0.5) is 5.82 Å². The Morgan fingerprint density at radius 2 is 1.64 bits per heavy atom. The number of nitrogens with zero attached hydrogens (tertiary/aromatic N) is 5. The summed E-state index contributed by atoms with van der Waals surface area (Å²) in [6.07, 6.45) is 3.47. The van der Waals surface area contributed by atoms with Crippen molar-refractivity contribution in [2.75, 3.05) is 31.1 Å². The quantitative estimate of drug-likeness (QED) is 0.659. The van der Waals surface area contributed by atoms with Gasteiger partial charge in [0, 0.05) is 44.1 Å². The summed E-state index contributed by atoms with van der Waals surface area (Å²) in [4.78, 5) is 6.16. The molecule has 3 heterocycles. The van der Waals surface area contributed by atoms with E-state index in [1.165, 1.54) is 0 Å². The minimum Gasteiger partial charge on any atom is -0.352 e. The van der Waals surface area contributed by atoms with Gasteiger partial charge in [0.15, 0.2) is 5.82 Å². The fraction of sp³-hybridized carbons (Fsp3) is 0.250. The summed E-state index contributed by atoms with van der Waals surface area (Å²) in [5.74, 6) is 0.792. The van der Waals surface area contributed by atoms with Crippen LogP contribution in [0.15, 0.2) is 67.0 Å². The van der Waals surface area contributed by atoms with E-state index in [0.717, 1.165) is 22.6 Å². The second kappa shape index (κ2) is 8.04. The van der Waals surface area contributed by atoms with Crippen LogP contribution in [-0.4, -0.2) is 54.1 Å². The average molecular weight is 395 g/mol. The second-order valence-corrected chi connectivity index (χ2v) is 8.62. The van der Waals surface area contributed by atoms with Gasteiger partial charge in [0.2, 0.25) is 10.0 Å². The summed E-state index contributed by atoms with van der Waals surface area (Å²) in [7, 11) is -3.32. The highest BCUT2D eigenvalue weighted by Crippen LogP contribution is 2.20. The molecule has 2 aromatic heterocycles. The van der Waals surface area contributed by atoms with Crippen molar-refractivity contribution < 1.29 is 8.42 Å². The monoisotopic (exact) mass is 395 g/mol. The van der Waals surface area contributed by atoms with E-state index in [0.29, 0.717) is 26.2 Å². The van der Waals surface area contributed by atoms with Crippen LogP contribution in [0.3, 0.4) is 0 Å². The minimum atomic E-state index is -3.32. The number of pyridine rings is 1. The Kier molecular flexibility index (Phi) is 5.31. The molecule has 1 fully saturated rings. The van der Waals surface area contributed by atoms with E-state index in [9.17, 15) is 8.42 Å². The van der Waals surface area contributed by atoms with Crippen molar-refractivity contribution in [3.8, 4) is 11.3 Å². The Hall–Kier alpha value is -2.84. The lowest BCUT2D eigenvalue weighted by atomic mass is 10.2. The smallest absolute Gasteiger partial charge is 0.218 e. The maximum absolute atomic E-state index is 12.7. The topological polar surface area (TPSA) is 79.3 Å². The van der Waals surface area contributed by atoms with E-state index in [4.69, 9.17) is 0 Å². The second-order valence-electron chi connectivity index (χ2n) is 6.65. The first-order chi connectivity index (χ1) is 13.6. The number of rotatable bonds is 5. The number of anilines is 1. The molecule has 0 bridgehead atoms. The largest absolute Gasteiger partial charge is 0.352 e. The Morgan fingerprint density at radius 3 is 2.29 bits per heavy atom. The zero-order valence-corrected chi connectivity index (χ0v) is 16.2. The van der Waals surface area contributed by atoms with Crippen LogP contribution in [0.5, 0.6) is 0 Å². The van der Waals surface area contributed by atoms with Gasteiger partial charge in [-0.15, -0.1) is 10.2 Å². The third-order valence-electron chi connectivity index (χ3n) is 4.76. The van der Waals surface area contributed by atoms with Crippen LogP contribution in [0.1, 0.15) is 5.56 Å². The molecule has 0 N–H and O–H groups in total. The Morgan fingerprint density at radius 1 is 0.857 bits per heavy atom. The van der Waals surface area contributed by atoms with Gasteiger partial charge in [0.05, 0.1) is 11.4 Å². The number of piperazine rings is 1. The van der Waals surface area contributed by atoms with E-state index in [1.807, 2.05) is 54.6 Å². The third-order valence-corrected chi connectivity index (χ3v) is 6.61. The molecule has 1 aromatic carbocycles. The zero-order valence-electron chi connectivity index (χ0n) is 15.3. The number of sulfonamides is 1. The average Bonchev–Trinajstić information content (AvgIpc) is 2.75. The molecule has 1 aliphatic heterocycles. The highest BCUT2D eigenvalue weighted by molar-refractivity contribution is 7.88. The van der Waals surface area contributed by atoms with Crippen LogP contribution >= 0.6 is 0 Å². The lowest BCUT2D eigenvalue weighted by Gasteiger charge is -2.34. The van der Waals surface area contributed by atoms with Crippen LogP contribution in [0, 0.1) is 0 Å². The molecule has 0 saturated carbocycles. The van der Waals surface area contributed by atoms with Gasteiger partial charge in [-0.05, 0) is 29.8 Å². The standard InChI is InChI=1S/C20H21N5O2S/c26-28(27,16-17-5-2-1-3-6-17)25-13-11-24(12-14-25)20-9-8-19(22-23-20)18-7-4-10-21-15-18/h1-10,15H,11-14,16H2. The molecule has 144 valence electrons. The molecule has 0 spiro atoms. The van der Waals surface area contributed by atoms with Gasteiger partial charge in [-0.25, -0.2) is 8.42 Å². The maximum Gasteiger partial charge on any atom is 0.218 e. The van der Waals surface area contributed by atoms with Gasteiger partial charge < -0.3 is 4.90 Å². The maximum atomic E-state index is 12.7. The third kappa shape index (κ3) is 4.18. The van der Waals surface area contributed by atoms with Gasteiger partial charge in [0.25, 0.3) is 0 Å². The molecule has 28 heavy (non-hydrogen) atoms. The number of hydrogen-bond donors (Lipinski definition) is 0. The molecular formula is C20H21N5O2S. The zero-order chi connectivity index (χ0) is 19.4. The Labute approximate surface area is 164 Å². The van der Waals surface area contributed by atoms with Crippen molar-refractivity contribution in [1.82, 2.24) is 19.5 Å². The Bertz CT molecular complexity index is 1000. The van der Waals surface area contributed by atoms with Gasteiger partial charge in [0.1, 0.15) is 0 Å². The summed E-state index contributed by atoms with van der Waals surface area (Å²) in [6.45, 7) is 2.08. The van der Waals surface area contributed by atoms with E-state index < -0.39 is 10.0 Å². The molecule has 0 radical (unpaired) electrons. The van der Waals surface area contributed by atoms with E-state index in [-0.39, 0.29) is 5.75 Å². The molecule has 7 nitrogen and oxygen atoms in total. The summed E-state index contributed by atoms with van der Waals surface area (Å²) in [5, 5.41) is 8.60. The first-order valence-electron chi connectivity index (χ1n) is 9.13. The van der Waals surface area contributed by atoms with Gasteiger partial charge >= 0.3 is 0 Å². The first kappa shape index (κ1) is 18.5. The lowest BCUT2D eigenvalue weighted by molar-refractivity contribution is 0.383. The SMILES string of the molecule is O=S(=O)(Cc1ccccc1)N1CCN(c2ccc(-c3cccnc3)nn2)CC1. The number of hydrogen-bond acceptors (Lipinski definition) is 6. The van der Waals surface area contributed by atoms with Crippen LogP contribution in [-0.2, 0) is 15.8 Å². The van der Waals surface area contributed by atoms with E-state index >= 15 is 0 Å². The normalized spacial score (nSPS) is 15.5. The number of aromatic nitrogens is 3. The van der Waals surface area contributed by atoms with E-state index in [2.05, 4.69) is 20.1 Å². The number of benzene rings is 1. The fourth-order valence-corrected chi connectivity index (χ4v) is 4.75. The highest BCUT2D eigenvalue weighted by Gasteiger charge is 2.27. The van der Waals surface area contributed by atoms with Gasteiger partial charge in [-0.1, -0.05) is 30.3 Å². The molecule has 0 aliphatic carbocycles. The van der Waals surface area contributed by atoms with E-state index in [1.54, 1.807) is 16.7 Å². The van der Waals surface area contributed by atoms with Crippen LogP contribution in [0.25, 0.3) is 11.3 Å². The molecule has 4 rings (SSSR count). The van der Waals surface area contributed by atoms with Crippen molar-refractivity contribution in [3.63, 3.8) is 0 Å². The fourth-order valence-electron chi connectivity index (χ4n) is 3.23. The van der Waals surface area contributed by atoms with Crippen molar-refractivity contribution in [3.05, 3.63) is 72.6 Å². The Balaban J connectivity index is 1.39. The summed E-state index contributed by atoms with van der Waals surface area (Å²) in [6, 6.07) is 16.9. The molecule has 3 aromatic rings. The molecule has 8 heteroatoms. The molecule has 1 aliphatic rings. The highest BCUT2D eigenvalue weighted by atomic mass is 32.2. The molecular weight excluding hydrogens is 374 g/mol. The minimum absolute atomic E-state index is 0.0352. The predicted octanol–water partition coefficient (Wildman–Crippen LogP) is 2.19. The predicted molar refractivity (Wildman–Crippen MR) is 108 cm³/mol. The van der Waals surface area contributed by atoms with Crippen molar-refractivity contribution >= 4 is 15.8 Å².